The third-order valence-electron chi connectivity index (χ3n) is 5.21. The molecule has 1 N–H and O–H groups in total. The zero-order valence-corrected chi connectivity index (χ0v) is 15.9. The van der Waals surface area contributed by atoms with Crippen molar-refractivity contribution in [1.82, 2.24) is 10.2 Å². The van der Waals surface area contributed by atoms with Crippen molar-refractivity contribution in [3.8, 4) is 0 Å². The molecule has 0 aromatic heterocycles. The standard InChI is InChI=1S/C23H28N2O2/c1-18(23(27)25-15-9-4-10-16-25)24-22(26)17-21(19-11-5-2-6-12-19)20-13-7-3-8-14-20/h2-3,5-8,11-14,18,21H,4,9-10,15-17H2,1H3,(H,24,26)/t18-/m1/s1. The van der Waals surface area contributed by atoms with Crippen LogP contribution in [0.25, 0.3) is 0 Å². The van der Waals surface area contributed by atoms with E-state index in [1.54, 1.807) is 6.92 Å². The summed E-state index contributed by atoms with van der Waals surface area (Å²) in [6, 6.07) is 19.6. The highest BCUT2D eigenvalue weighted by Gasteiger charge is 2.25. The third-order valence-corrected chi connectivity index (χ3v) is 5.21. The molecule has 1 fully saturated rings. The van der Waals surface area contributed by atoms with Gasteiger partial charge in [0.15, 0.2) is 0 Å². The Labute approximate surface area is 161 Å². The van der Waals surface area contributed by atoms with Gasteiger partial charge in [-0.1, -0.05) is 60.7 Å². The first-order chi connectivity index (χ1) is 13.1. The Balaban J connectivity index is 1.66. The lowest BCUT2D eigenvalue weighted by molar-refractivity contribution is -0.136. The SMILES string of the molecule is C[C@@H](NC(=O)CC(c1ccccc1)c1ccccc1)C(=O)N1CCCCC1. The first kappa shape index (κ1) is 19.2. The summed E-state index contributed by atoms with van der Waals surface area (Å²) >= 11 is 0. The van der Waals surface area contributed by atoms with Gasteiger partial charge in [-0.2, -0.15) is 0 Å². The number of nitrogens with zero attached hydrogens (tertiary/aromatic N) is 1. The summed E-state index contributed by atoms with van der Waals surface area (Å²) in [5.74, 6) is -0.0886. The average molecular weight is 364 g/mol. The quantitative estimate of drug-likeness (QED) is 0.849. The lowest BCUT2D eigenvalue weighted by Gasteiger charge is -2.29. The Morgan fingerprint density at radius 2 is 1.41 bits per heavy atom. The zero-order chi connectivity index (χ0) is 19.1. The van der Waals surface area contributed by atoms with Crippen LogP contribution in [0.5, 0.6) is 0 Å². The molecule has 0 bridgehead atoms. The molecular formula is C23H28N2O2. The van der Waals surface area contributed by atoms with E-state index in [4.69, 9.17) is 0 Å². The molecule has 1 aliphatic heterocycles. The highest BCUT2D eigenvalue weighted by atomic mass is 16.2. The van der Waals surface area contributed by atoms with E-state index in [-0.39, 0.29) is 17.7 Å². The Hall–Kier alpha value is -2.62. The van der Waals surface area contributed by atoms with E-state index in [1.165, 1.54) is 6.42 Å². The lowest BCUT2D eigenvalue weighted by Crippen LogP contribution is -2.48. The zero-order valence-electron chi connectivity index (χ0n) is 15.9. The minimum absolute atomic E-state index is 0.0234. The van der Waals surface area contributed by atoms with Gasteiger partial charge in [-0.15, -0.1) is 0 Å². The predicted octanol–water partition coefficient (Wildman–Crippen LogP) is 3.73. The van der Waals surface area contributed by atoms with E-state index in [0.717, 1.165) is 37.1 Å². The maximum Gasteiger partial charge on any atom is 0.244 e. The molecule has 1 heterocycles. The average Bonchev–Trinajstić information content (AvgIpc) is 2.73. The van der Waals surface area contributed by atoms with Gasteiger partial charge in [-0.3, -0.25) is 9.59 Å². The molecule has 2 amide bonds. The van der Waals surface area contributed by atoms with Crippen molar-refractivity contribution in [3.05, 3.63) is 71.8 Å². The number of benzene rings is 2. The molecule has 2 aromatic carbocycles. The minimum atomic E-state index is -0.484. The number of carbonyl (C=O) groups excluding carboxylic acids is 2. The summed E-state index contributed by atoms with van der Waals surface area (Å²) in [4.78, 5) is 27.2. The Kier molecular flexibility index (Phi) is 6.64. The van der Waals surface area contributed by atoms with Crippen molar-refractivity contribution in [2.24, 2.45) is 0 Å². The lowest BCUT2D eigenvalue weighted by atomic mass is 9.88. The molecule has 4 heteroatoms. The molecule has 3 rings (SSSR count). The first-order valence-corrected chi connectivity index (χ1v) is 9.83. The van der Waals surface area contributed by atoms with Crippen LogP contribution in [-0.2, 0) is 9.59 Å². The number of hydrogen-bond donors (Lipinski definition) is 1. The van der Waals surface area contributed by atoms with Gasteiger partial charge in [0.1, 0.15) is 6.04 Å². The van der Waals surface area contributed by atoms with Crippen LogP contribution in [0.3, 0.4) is 0 Å². The largest absolute Gasteiger partial charge is 0.345 e. The molecular weight excluding hydrogens is 336 g/mol. The Morgan fingerprint density at radius 3 is 1.93 bits per heavy atom. The summed E-state index contributed by atoms with van der Waals surface area (Å²) in [5.41, 5.74) is 2.21. The van der Waals surface area contributed by atoms with E-state index in [2.05, 4.69) is 5.32 Å². The van der Waals surface area contributed by atoms with Gasteiger partial charge in [-0.05, 0) is 37.3 Å². The fourth-order valence-electron chi connectivity index (χ4n) is 3.73. The summed E-state index contributed by atoms with van der Waals surface area (Å²) < 4.78 is 0. The highest BCUT2D eigenvalue weighted by Crippen LogP contribution is 2.27. The molecule has 142 valence electrons. The number of likely N-dealkylation sites (tertiary alicyclic amines) is 1. The van der Waals surface area contributed by atoms with Gasteiger partial charge in [0.05, 0.1) is 0 Å². The van der Waals surface area contributed by atoms with Gasteiger partial charge in [0.2, 0.25) is 11.8 Å². The van der Waals surface area contributed by atoms with Crippen LogP contribution in [0.4, 0.5) is 0 Å². The Morgan fingerprint density at radius 1 is 0.889 bits per heavy atom. The van der Waals surface area contributed by atoms with Gasteiger partial charge in [-0.25, -0.2) is 0 Å². The number of rotatable bonds is 6. The predicted molar refractivity (Wildman–Crippen MR) is 107 cm³/mol. The molecule has 4 nitrogen and oxygen atoms in total. The molecule has 1 saturated heterocycles. The molecule has 0 radical (unpaired) electrons. The second-order valence-electron chi connectivity index (χ2n) is 7.25. The summed E-state index contributed by atoms with van der Waals surface area (Å²) in [6.07, 6.45) is 3.61. The van der Waals surface area contributed by atoms with Crippen molar-refractivity contribution in [2.75, 3.05) is 13.1 Å². The Bertz CT molecular complexity index is 700. The molecule has 0 spiro atoms. The first-order valence-electron chi connectivity index (χ1n) is 9.83. The number of hydrogen-bond acceptors (Lipinski definition) is 2. The normalized spacial score (nSPS) is 15.4. The summed E-state index contributed by atoms with van der Waals surface area (Å²) in [6.45, 7) is 3.39. The molecule has 27 heavy (non-hydrogen) atoms. The fourth-order valence-corrected chi connectivity index (χ4v) is 3.73. The molecule has 1 aliphatic rings. The number of carbonyl (C=O) groups is 2. The summed E-state index contributed by atoms with van der Waals surface area (Å²) in [5, 5.41) is 2.92. The minimum Gasteiger partial charge on any atom is -0.345 e. The van der Waals surface area contributed by atoms with Crippen LogP contribution in [0, 0.1) is 0 Å². The van der Waals surface area contributed by atoms with Gasteiger partial charge in [0, 0.05) is 25.4 Å². The molecule has 0 unspecified atom stereocenters. The van der Waals surface area contributed by atoms with E-state index in [0.29, 0.717) is 6.42 Å². The van der Waals surface area contributed by atoms with E-state index >= 15 is 0 Å². The number of piperidine rings is 1. The fraction of sp³-hybridized carbons (Fsp3) is 0.391. The van der Waals surface area contributed by atoms with Crippen LogP contribution < -0.4 is 5.32 Å². The second kappa shape index (κ2) is 9.36. The van der Waals surface area contributed by atoms with Gasteiger partial charge >= 0.3 is 0 Å². The maximum absolute atomic E-state index is 12.7. The molecule has 0 aliphatic carbocycles. The number of nitrogens with one attached hydrogen (secondary N) is 1. The van der Waals surface area contributed by atoms with Crippen LogP contribution in [-0.4, -0.2) is 35.8 Å². The van der Waals surface area contributed by atoms with E-state index < -0.39 is 6.04 Å². The van der Waals surface area contributed by atoms with Crippen molar-refractivity contribution in [2.45, 2.75) is 44.6 Å². The van der Waals surface area contributed by atoms with Crippen molar-refractivity contribution in [3.63, 3.8) is 0 Å². The van der Waals surface area contributed by atoms with Crippen LogP contribution in [0.15, 0.2) is 60.7 Å². The maximum atomic E-state index is 12.7. The van der Waals surface area contributed by atoms with Crippen molar-refractivity contribution < 1.29 is 9.59 Å². The number of amides is 2. The van der Waals surface area contributed by atoms with Crippen LogP contribution >= 0.6 is 0 Å². The van der Waals surface area contributed by atoms with Gasteiger partial charge in [0.25, 0.3) is 0 Å². The van der Waals surface area contributed by atoms with Crippen molar-refractivity contribution in [1.29, 1.82) is 0 Å². The molecule has 0 saturated carbocycles. The smallest absolute Gasteiger partial charge is 0.244 e. The topological polar surface area (TPSA) is 49.4 Å². The molecule has 1 atom stereocenters. The highest BCUT2D eigenvalue weighted by molar-refractivity contribution is 5.87. The molecule has 2 aromatic rings. The van der Waals surface area contributed by atoms with Crippen LogP contribution in [0.1, 0.15) is 49.7 Å². The van der Waals surface area contributed by atoms with Gasteiger partial charge < -0.3 is 10.2 Å². The van der Waals surface area contributed by atoms with Crippen LogP contribution in [0.2, 0.25) is 0 Å². The van der Waals surface area contributed by atoms with Crippen molar-refractivity contribution >= 4 is 11.8 Å². The third kappa shape index (κ3) is 5.19. The second-order valence-corrected chi connectivity index (χ2v) is 7.25. The van der Waals surface area contributed by atoms with E-state index in [9.17, 15) is 9.59 Å². The van der Waals surface area contributed by atoms with E-state index in [1.807, 2.05) is 65.6 Å². The monoisotopic (exact) mass is 364 g/mol. The summed E-state index contributed by atoms with van der Waals surface area (Å²) in [7, 11) is 0.